The molecule has 0 saturated carbocycles. The second kappa shape index (κ2) is 4.84. The molecule has 0 aromatic heterocycles. The number of benzene rings is 1. The highest BCUT2D eigenvalue weighted by Gasteiger charge is 2.17. The highest BCUT2D eigenvalue weighted by atomic mass is 16.6. The lowest BCUT2D eigenvalue weighted by Gasteiger charge is -2.13. The number of rotatable bonds is 2. The number of allylic oxidation sites excluding steroid dienone is 2. The molecule has 16 heavy (non-hydrogen) atoms. The molecule has 0 aliphatic heterocycles. The fourth-order valence-corrected chi connectivity index (χ4v) is 1.92. The fraction of sp³-hybridized carbons (Fsp3) is 0.308. The van der Waals surface area contributed by atoms with Crippen LogP contribution in [0.1, 0.15) is 24.3 Å². The zero-order valence-corrected chi connectivity index (χ0v) is 9.27. The smallest absolute Gasteiger partial charge is 0.410 e. The molecular formula is C13H15NO2. The minimum Gasteiger partial charge on any atom is -0.410 e. The van der Waals surface area contributed by atoms with Crippen molar-refractivity contribution in [3.8, 4) is 5.75 Å². The number of hydrogen-bond acceptors (Lipinski definition) is 2. The molecule has 1 amide bonds. The molecule has 1 atom stereocenters. The van der Waals surface area contributed by atoms with Crippen molar-refractivity contribution in [2.24, 2.45) is 0 Å². The van der Waals surface area contributed by atoms with Crippen LogP contribution in [-0.2, 0) is 0 Å². The molecule has 2 rings (SSSR count). The van der Waals surface area contributed by atoms with Crippen LogP contribution in [-0.4, -0.2) is 13.1 Å². The van der Waals surface area contributed by atoms with Crippen molar-refractivity contribution in [1.29, 1.82) is 0 Å². The van der Waals surface area contributed by atoms with Gasteiger partial charge in [-0.3, -0.25) is 0 Å². The Hall–Kier alpha value is -1.77. The Morgan fingerprint density at radius 3 is 2.94 bits per heavy atom. The van der Waals surface area contributed by atoms with E-state index in [2.05, 4.69) is 17.5 Å². The van der Waals surface area contributed by atoms with Gasteiger partial charge in [-0.05, 0) is 18.9 Å². The molecular weight excluding hydrogens is 202 g/mol. The standard InChI is InChI=1S/C13H15NO2/c1-14-13(15)16-12-9-5-4-8-11(12)10-6-2-3-7-10/h2,4-6,8-10H,3,7H2,1H3,(H,14,15). The number of para-hydroxylation sites is 1. The predicted octanol–water partition coefficient (Wildman–Crippen LogP) is 2.84. The van der Waals surface area contributed by atoms with Gasteiger partial charge in [0.05, 0.1) is 0 Å². The summed E-state index contributed by atoms with van der Waals surface area (Å²) in [4.78, 5) is 11.2. The normalized spacial score (nSPS) is 18.4. The van der Waals surface area contributed by atoms with Crippen LogP contribution >= 0.6 is 0 Å². The summed E-state index contributed by atoms with van der Waals surface area (Å²) in [6, 6.07) is 7.69. The van der Waals surface area contributed by atoms with Crippen molar-refractivity contribution in [3.05, 3.63) is 42.0 Å². The minimum absolute atomic E-state index is 0.376. The van der Waals surface area contributed by atoms with Crippen LogP contribution in [0.15, 0.2) is 36.4 Å². The van der Waals surface area contributed by atoms with Gasteiger partial charge in [0.1, 0.15) is 5.75 Å². The van der Waals surface area contributed by atoms with E-state index in [9.17, 15) is 4.79 Å². The van der Waals surface area contributed by atoms with Crippen molar-refractivity contribution in [3.63, 3.8) is 0 Å². The summed E-state index contributed by atoms with van der Waals surface area (Å²) in [7, 11) is 1.56. The number of carbonyl (C=O) groups is 1. The van der Waals surface area contributed by atoms with Crippen LogP contribution in [0.25, 0.3) is 0 Å². The van der Waals surface area contributed by atoms with Crippen LogP contribution in [0.5, 0.6) is 5.75 Å². The quantitative estimate of drug-likeness (QED) is 0.773. The molecule has 3 heteroatoms. The molecule has 0 spiro atoms. The Kier molecular flexibility index (Phi) is 3.25. The minimum atomic E-state index is -0.422. The van der Waals surface area contributed by atoms with Crippen molar-refractivity contribution in [1.82, 2.24) is 5.32 Å². The molecule has 3 nitrogen and oxygen atoms in total. The van der Waals surface area contributed by atoms with Gasteiger partial charge in [0.15, 0.2) is 0 Å². The first-order valence-corrected chi connectivity index (χ1v) is 5.46. The lowest BCUT2D eigenvalue weighted by molar-refractivity contribution is 0.202. The Labute approximate surface area is 95.1 Å². The molecule has 0 fully saturated rings. The third-order valence-electron chi connectivity index (χ3n) is 2.74. The van der Waals surface area contributed by atoms with Gasteiger partial charge in [-0.1, -0.05) is 30.4 Å². The monoisotopic (exact) mass is 217 g/mol. The van der Waals surface area contributed by atoms with E-state index in [-0.39, 0.29) is 0 Å². The van der Waals surface area contributed by atoms with Crippen molar-refractivity contribution in [2.45, 2.75) is 18.8 Å². The van der Waals surface area contributed by atoms with Gasteiger partial charge in [-0.25, -0.2) is 4.79 Å². The molecule has 0 saturated heterocycles. The van der Waals surface area contributed by atoms with Crippen molar-refractivity contribution >= 4 is 6.09 Å². The molecule has 1 aliphatic rings. The molecule has 1 N–H and O–H groups in total. The van der Waals surface area contributed by atoms with Crippen LogP contribution in [0, 0.1) is 0 Å². The van der Waals surface area contributed by atoms with Crippen LogP contribution in [0.3, 0.4) is 0 Å². The summed E-state index contributed by atoms with van der Waals surface area (Å²) >= 11 is 0. The number of ether oxygens (including phenoxy) is 1. The van der Waals surface area contributed by atoms with Crippen LogP contribution in [0.4, 0.5) is 4.79 Å². The first-order valence-electron chi connectivity index (χ1n) is 5.46. The number of hydrogen-bond donors (Lipinski definition) is 1. The molecule has 1 aliphatic carbocycles. The summed E-state index contributed by atoms with van der Waals surface area (Å²) in [5.74, 6) is 1.03. The average Bonchev–Trinajstić information content (AvgIpc) is 2.83. The molecule has 1 unspecified atom stereocenters. The summed E-state index contributed by atoms with van der Waals surface area (Å²) in [5.41, 5.74) is 1.08. The topological polar surface area (TPSA) is 38.3 Å². The molecule has 0 heterocycles. The predicted molar refractivity (Wildman–Crippen MR) is 62.6 cm³/mol. The third kappa shape index (κ3) is 2.24. The Morgan fingerprint density at radius 1 is 1.44 bits per heavy atom. The average molecular weight is 217 g/mol. The summed E-state index contributed by atoms with van der Waals surface area (Å²) in [6.45, 7) is 0. The lowest BCUT2D eigenvalue weighted by atomic mass is 9.98. The van der Waals surface area contributed by atoms with Crippen LogP contribution < -0.4 is 10.1 Å². The van der Waals surface area contributed by atoms with Gasteiger partial charge in [-0.15, -0.1) is 0 Å². The van der Waals surface area contributed by atoms with E-state index in [0.717, 1.165) is 18.4 Å². The Bertz CT molecular complexity index is 412. The maximum absolute atomic E-state index is 11.2. The van der Waals surface area contributed by atoms with Crippen molar-refractivity contribution in [2.75, 3.05) is 7.05 Å². The zero-order valence-electron chi connectivity index (χ0n) is 9.27. The first-order chi connectivity index (χ1) is 7.81. The van der Waals surface area contributed by atoms with E-state index in [4.69, 9.17) is 4.74 Å². The highest BCUT2D eigenvalue weighted by Crippen LogP contribution is 2.34. The largest absolute Gasteiger partial charge is 0.412 e. The van der Waals surface area contributed by atoms with Gasteiger partial charge in [0, 0.05) is 18.5 Å². The maximum Gasteiger partial charge on any atom is 0.412 e. The molecule has 0 radical (unpaired) electrons. The van der Waals surface area contributed by atoms with E-state index in [0.29, 0.717) is 11.7 Å². The summed E-state index contributed by atoms with van der Waals surface area (Å²) < 4.78 is 5.22. The van der Waals surface area contributed by atoms with Gasteiger partial charge in [-0.2, -0.15) is 0 Å². The zero-order chi connectivity index (χ0) is 11.4. The second-order valence-electron chi connectivity index (χ2n) is 3.79. The van der Waals surface area contributed by atoms with Gasteiger partial charge < -0.3 is 10.1 Å². The maximum atomic E-state index is 11.2. The Morgan fingerprint density at radius 2 is 2.25 bits per heavy atom. The van der Waals surface area contributed by atoms with E-state index < -0.39 is 6.09 Å². The highest BCUT2D eigenvalue weighted by molar-refractivity contribution is 5.70. The van der Waals surface area contributed by atoms with E-state index >= 15 is 0 Å². The van der Waals surface area contributed by atoms with Crippen molar-refractivity contribution < 1.29 is 9.53 Å². The second-order valence-corrected chi connectivity index (χ2v) is 3.79. The molecule has 1 aromatic carbocycles. The van der Waals surface area contributed by atoms with Gasteiger partial charge >= 0.3 is 6.09 Å². The van der Waals surface area contributed by atoms with Crippen LogP contribution in [0.2, 0.25) is 0 Å². The SMILES string of the molecule is CNC(=O)Oc1ccccc1C1C=CCC1. The molecule has 0 bridgehead atoms. The number of nitrogens with one attached hydrogen (secondary N) is 1. The first kappa shape index (κ1) is 10.7. The number of carbonyl (C=O) groups excluding carboxylic acids is 1. The summed E-state index contributed by atoms with van der Waals surface area (Å²) in [6.07, 6.45) is 6.11. The fourth-order valence-electron chi connectivity index (χ4n) is 1.92. The summed E-state index contributed by atoms with van der Waals surface area (Å²) in [5, 5.41) is 2.45. The van der Waals surface area contributed by atoms with Gasteiger partial charge in [0.25, 0.3) is 0 Å². The van der Waals surface area contributed by atoms with E-state index in [1.54, 1.807) is 7.05 Å². The molecule has 1 aromatic rings. The van der Waals surface area contributed by atoms with Gasteiger partial charge in [0.2, 0.25) is 0 Å². The van der Waals surface area contributed by atoms with E-state index in [1.807, 2.05) is 24.3 Å². The van der Waals surface area contributed by atoms with E-state index in [1.165, 1.54) is 0 Å². The lowest BCUT2D eigenvalue weighted by Crippen LogP contribution is -2.22. The third-order valence-corrected chi connectivity index (χ3v) is 2.74. The molecule has 84 valence electrons. The Balaban J connectivity index is 2.23. The number of amides is 1.